The summed E-state index contributed by atoms with van der Waals surface area (Å²) in [7, 11) is 1.80. The van der Waals surface area contributed by atoms with Gasteiger partial charge in [0.25, 0.3) is 21.2 Å². The van der Waals surface area contributed by atoms with Gasteiger partial charge in [-0.05, 0) is 90.8 Å². The van der Waals surface area contributed by atoms with Crippen molar-refractivity contribution in [2.75, 3.05) is 68.0 Å². The van der Waals surface area contributed by atoms with Crippen LogP contribution in [-0.4, -0.2) is 130 Å². The van der Waals surface area contributed by atoms with E-state index in [4.69, 9.17) is 50.4 Å². The van der Waals surface area contributed by atoms with Crippen LogP contribution in [0, 0.1) is 27.0 Å². The van der Waals surface area contributed by atoms with Crippen molar-refractivity contribution in [3.8, 4) is 45.6 Å². The van der Waals surface area contributed by atoms with Crippen molar-refractivity contribution in [1.29, 1.82) is 0 Å². The number of amides is 1. The maximum atomic E-state index is 15.0. The number of hydrogen-bond donors (Lipinski definition) is 2. The summed E-state index contributed by atoms with van der Waals surface area (Å²) >= 11 is 0. The Bertz CT molecular complexity index is 2820. The van der Waals surface area contributed by atoms with Crippen LogP contribution in [0.4, 0.5) is 4.79 Å². The number of nitrogens with one attached hydrogen (secondary N) is 1. The molecule has 0 bridgehead atoms. The first-order valence-electron chi connectivity index (χ1n) is 27.5. The molecular formula is C61H85N5O10Si2. The Balaban J connectivity index is 1.37. The standard InChI is InChI=1S/C61H85N5O10Si2/c1-37(2)78(18,38(3)4)75-29-27-42-34-65(28-30-73-42)59(63-11)50-33-47-52(54(67)58(72-15)40(6)56(47)70-13)53(66(50)36-62-10)49(31-41-32-51(76-77(16,17)61(7,8)9)57(71-14)39(5)55(41)69-12)64-60(68)74-35-48-45-25-21-19-23-43(45)44-24-20-22-26-46(44)48/h19-26,32,37-38,42,48-50,53,59,67H,27-31,33-36H2,1-9,12-18H3,(H,64,68)/t42-,49?,50?,53?,59-/m0/s1. The summed E-state index contributed by atoms with van der Waals surface area (Å²) in [5.41, 5.74) is 8.26. The minimum absolute atomic E-state index is 0.0448. The van der Waals surface area contributed by atoms with Crippen LogP contribution in [0.25, 0.3) is 20.8 Å². The molecule has 0 aromatic heterocycles. The second-order valence-electron chi connectivity index (χ2n) is 23.5. The quantitative estimate of drug-likeness (QED) is 0.0607. The Morgan fingerprint density at radius 1 is 0.872 bits per heavy atom. The molecule has 5 atom stereocenters. The van der Waals surface area contributed by atoms with Crippen LogP contribution >= 0.6 is 0 Å². The number of phenolic OH excluding ortho intramolecular Hbond substituents is 1. The Morgan fingerprint density at radius 3 is 2.01 bits per heavy atom. The molecule has 4 aromatic rings. The second-order valence-corrected chi connectivity index (χ2v) is 33.2. The Hall–Kier alpha value is -5.80. The van der Waals surface area contributed by atoms with Crippen LogP contribution in [0.1, 0.15) is 106 Å². The van der Waals surface area contributed by atoms with E-state index in [1.165, 1.54) is 7.11 Å². The molecule has 422 valence electrons. The highest BCUT2D eigenvalue weighted by molar-refractivity contribution is 6.75. The number of carbonyl (C=O) groups is 1. The molecule has 2 heterocycles. The molecule has 1 fully saturated rings. The average molecular weight is 1100 g/mol. The summed E-state index contributed by atoms with van der Waals surface area (Å²) in [6.45, 7) is 45.3. The predicted octanol–water partition coefficient (Wildman–Crippen LogP) is 12.5. The van der Waals surface area contributed by atoms with Gasteiger partial charge in [0.15, 0.2) is 25.6 Å². The van der Waals surface area contributed by atoms with Crippen LogP contribution < -0.4 is 28.7 Å². The van der Waals surface area contributed by atoms with E-state index in [0.717, 1.165) is 22.3 Å². The van der Waals surface area contributed by atoms with E-state index in [9.17, 15) is 5.11 Å². The molecule has 78 heavy (non-hydrogen) atoms. The Labute approximate surface area is 466 Å². The molecule has 0 radical (unpaired) electrons. The van der Waals surface area contributed by atoms with Gasteiger partial charge in [-0.3, -0.25) is 9.69 Å². The third-order valence-corrected chi connectivity index (χ3v) is 27.4. The maximum Gasteiger partial charge on any atom is 0.407 e. The number of hydrogen-bond acceptors (Lipinski definition) is 12. The maximum absolute atomic E-state index is 15.0. The summed E-state index contributed by atoms with van der Waals surface area (Å²) in [6.07, 6.45) is -0.680. The monoisotopic (exact) mass is 1100 g/mol. The van der Waals surface area contributed by atoms with Crippen molar-refractivity contribution < 1.29 is 47.2 Å². The summed E-state index contributed by atoms with van der Waals surface area (Å²) < 4.78 is 51.1. The first kappa shape index (κ1) is 59.9. The van der Waals surface area contributed by atoms with Gasteiger partial charge < -0.3 is 47.7 Å². The molecule has 1 aliphatic carbocycles. The number of fused-ring (bicyclic) bond motifs is 4. The van der Waals surface area contributed by atoms with Crippen molar-refractivity contribution >= 4 is 22.7 Å². The lowest BCUT2D eigenvalue weighted by Gasteiger charge is -2.46. The van der Waals surface area contributed by atoms with Gasteiger partial charge in [0, 0.05) is 59.9 Å². The zero-order valence-electron chi connectivity index (χ0n) is 49.1. The number of phenols is 1. The van der Waals surface area contributed by atoms with Crippen LogP contribution in [0.2, 0.25) is 35.8 Å². The fourth-order valence-corrected chi connectivity index (χ4v) is 15.4. The molecule has 17 heteroatoms. The molecule has 3 aliphatic rings. The fraction of sp³-hybridized carbons (Fsp3) is 0.557. The van der Waals surface area contributed by atoms with Crippen molar-refractivity contribution in [3.05, 3.63) is 116 Å². The molecule has 15 nitrogen and oxygen atoms in total. The van der Waals surface area contributed by atoms with E-state index in [1.54, 1.807) is 21.3 Å². The molecule has 1 saturated heterocycles. The molecule has 7 rings (SSSR count). The SMILES string of the molecule is [C-]#[N+]CN1C(C(Cc2cc(O[Si](C)(C)C(C)(C)C)c(OC)c(C)c2OC)NC(=O)OCC2c3ccccc3-c3ccccc32)c2c(O)c(OC)c(C)c(OC)c2CC1[C@@H]([N+]#[C-])N1CCO[C@@H](CCO[Si](C)(C(C)C)C(C)C)C1. The number of rotatable bonds is 21. The highest BCUT2D eigenvalue weighted by Gasteiger charge is 2.52. The highest BCUT2D eigenvalue weighted by Crippen LogP contribution is 2.53. The van der Waals surface area contributed by atoms with Crippen LogP contribution in [-0.2, 0) is 26.7 Å². The average Bonchev–Trinajstić information content (AvgIpc) is 3.83. The molecule has 0 spiro atoms. The number of benzene rings is 4. The highest BCUT2D eigenvalue weighted by atomic mass is 28.4. The van der Waals surface area contributed by atoms with Gasteiger partial charge in [-0.2, -0.15) is 0 Å². The van der Waals surface area contributed by atoms with Gasteiger partial charge in [0.05, 0.1) is 53.2 Å². The van der Waals surface area contributed by atoms with Gasteiger partial charge >= 0.3 is 6.09 Å². The van der Waals surface area contributed by atoms with E-state index in [2.05, 4.69) is 112 Å². The summed E-state index contributed by atoms with van der Waals surface area (Å²) in [4.78, 5) is 27.6. The molecular weight excluding hydrogens is 1020 g/mol. The van der Waals surface area contributed by atoms with Crippen molar-refractivity contribution in [3.63, 3.8) is 0 Å². The summed E-state index contributed by atoms with van der Waals surface area (Å²) in [5, 5.41) is 15.9. The van der Waals surface area contributed by atoms with E-state index in [-0.39, 0.29) is 54.7 Å². The fourth-order valence-electron chi connectivity index (χ4n) is 11.9. The van der Waals surface area contributed by atoms with Gasteiger partial charge in [0.2, 0.25) is 0 Å². The first-order valence-corrected chi connectivity index (χ1v) is 33.0. The topological polar surface area (TPSA) is 138 Å². The number of morpholine rings is 1. The number of methoxy groups -OCH3 is 4. The lowest BCUT2D eigenvalue weighted by molar-refractivity contribution is -0.0612. The van der Waals surface area contributed by atoms with E-state index in [1.807, 2.05) is 49.1 Å². The molecule has 1 amide bonds. The van der Waals surface area contributed by atoms with Gasteiger partial charge in [-0.15, -0.1) is 0 Å². The zero-order valence-corrected chi connectivity index (χ0v) is 51.1. The third-order valence-electron chi connectivity index (χ3n) is 17.6. The Kier molecular flexibility index (Phi) is 19.0. The lowest BCUT2D eigenvalue weighted by Crippen LogP contribution is -2.61. The number of ether oxygens (including phenoxy) is 6. The lowest BCUT2D eigenvalue weighted by atomic mass is 9.79. The van der Waals surface area contributed by atoms with E-state index >= 15 is 4.79 Å². The minimum atomic E-state index is -2.48. The van der Waals surface area contributed by atoms with Gasteiger partial charge in [-0.25, -0.2) is 27.7 Å². The molecule has 2 aliphatic heterocycles. The minimum Gasteiger partial charge on any atom is -0.541 e. The number of aromatic hydroxyl groups is 1. The molecule has 2 N–H and O–H groups in total. The van der Waals surface area contributed by atoms with Gasteiger partial charge in [-0.1, -0.05) is 97.0 Å². The molecule has 4 aromatic carbocycles. The largest absolute Gasteiger partial charge is 0.541 e. The number of carbonyl (C=O) groups excluding carboxylic acids is 1. The smallest absolute Gasteiger partial charge is 0.407 e. The van der Waals surface area contributed by atoms with Crippen molar-refractivity contribution in [1.82, 2.24) is 15.1 Å². The predicted molar refractivity (Wildman–Crippen MR) is 311 cm³/mol. The van der Waals surface area contributed by atoms with Gasteiger partial charge in [0.1, 0.15) is 29.9 Å². The third kappa shape index (κ3) is 11.7. The van der Waals surface area contributed by atoms with Crippen molar-refractivity contribution in [2.24, 2.45) is 0 Å². The second kappa shape index (κ2) is 24.7. The van der Waals surface area contributed by atoms with Crippen LogP contribution in [0.5, 0.6) is 34.5 Å². The number of alkyl carbamates (subject to hydrolysis) is 1. The van der Waals surface area contributed by atoms with Crippen molar-refractivity contribution in [2.45, 2.75) is 154 Å². The van der Waals surface area contributed by atoms with Crippen LogP contribution in [0.15, 0.2) is 54.6 Å². The van der Waals surface area contributed by atoms with Crippen LogP contribution in [0.3, 0.4) is 0 Å². The number of nitrogens with zero attached hydrogens (tertiary/aromatic N) is 4. The Morgan fingerprint density at radius 2 is 1.46 bits per heavy atom. The first-order chi connectivity index (χ1) is 37.0. The van der Waals surface area contributed by atoms with E-state index in [0.29, 0.717) is 94.6 Å². The zero-order chi connectivity index (χ0) is 57.0. The summed E-state index contributed by atoms with van der Waals surface area (Å²) in [5.74, 6) is 1.92. The summed E-state index contributed by atoms with van der Waals surface area (Å²) in [6, 6.07) is 15.7. The molecule has 0 saturated carbocycles. The van der Waals surface area contributed by atoms with E-state index < -0.39 is 47.0 Å². The molecule has 3 unspecified atom stereocenters. The normalized spacial score (nSPS) is 18.7.